The smallest absolute Gasteiger partial charge is 0.233 e. The van der Waals surface area contributed by atoms with Crippen molar-refractivity contribution in [3.63, 3.8) is 0 Å². The van der Waals surface area contributed by atoms with Gasteiger partial charge in [-0.3, -0.25) is 4.79 Å². The molecule has 1 aromatic carbocycles. The van der Waals surface area contributed by atoms with Gasteiger partial charge in [0.05, 0.1) is 4.47 Å². The molecule has 2 rings (SSSR count). The van der Waals surface area contributed by atoms with Crippen LogP contribution in [0.3, 0.4) is 0 Å². The van der Waals surface area contributed by atoms with Gasteiger partial charge >= 0.3 is 0 Å². The molecule has 0 bridgehead atoms. The summed E-state index contributed by atoms with van der Waals surface area (Å²) in [6.45, 7) is 4.29. The SMILES string of the molecule is CC(C)c1ccc(Oc2ncc(C=O)cc2Br)cc1. The van der Waals surface area contributed by atoms with E-state index in [9.17, 15) is 4.79 Å². The average Bonchev–Trinajstić information content (AvgIpc) is 2.41. The second-order valence-corrected chi connectivity index (χ2v) is 5.35. The number of rotatable bonds is 4. The number of hydrogen-bond acceptors (Lipinski definition) is 3. The van der Waals surface area contributed by atoms with Crippen molar-refractivity contribution in [2.24, 2.45) is 0 Å². The van der Waals surface area contributed by atoms with E-state index in [2.05, 4.69) is 34.8 Å². The lowest BCUT2D eigenvalue weighted by Gasteiger charge is -2.09. The van der Waals surface area contributed by atoms with E-state index in [-0.39, 0.29) is 0 Å². The van der Waals surface area contributed by atoms with E-state index in [0.29, 0.717) is 21.8 Å². The first-order valence-electron chi connectivity index (χ1n) is 5.98. The summed E-state index contributed by atoms with van der Waals surface area (Å²) in [5.41, 5.74) is 1.77. The average molecular weight is 320 g/mol. The van der Waals surface area contributed by atoms with E-state index in [1.165, 1.54) is 11.8 Å². The fraction of sp³-hybridized carbons (Fsp3) is 0.200. The fourth-order valence-corrected chi connectivity index (χ4v) is 2.06. The Hall–Kier alpha value is -1.68. The van der Waals surface area contributed by atoms with Crippen LogP contribution in [-0.4, -0.2) is 11.3 Å². The normalized spacial score (nSPS) is 10.5. The van der Waals surface area contributed by atoms with Crippen molar-refractivity contribution in [2.75, 3.05) is 0 Å². The highest BCUT2D eigenvalue weighted by Crippen LogP contribution is 2.28. The maximum atomic E-state index is 10.6. The molecule has 19 heavy (non-hydrogen) atoms. The number of aromatic nitrogens is 1. The topological polar surface area (TPSA) is 39.2 Å². The minimum absolute atomic E-state index is 0.447. The molecule has 0 aliphatic carbocycles. The minimum atomic E-state index is 0.447. The summed E-state index contributed by atoms with van der Waals surface area (Å²) in [5.74, 6) is 1.66. The van der Waals surface area contributed by atoms with Crippen LogP contribution in [0.25, 0.3) is 0 Å². The zero-order chi connectivity index (χ0) is 13.8. The maximum absolute atomic E-state index is 10.6. The van der Waals surface area contributed by atoms with Gasteiger partial charge in [-0.25, -0.2) is 4.98 Å². The second-order valence-electron chi connectivity index (χ2n) is 4.50. The summed E-state index contributed by atoms with van der Waals surface area (Å²) in [5, 5.41) is 0. The number of pyridine rings is 1. The Morgan fingerprint density at radius 1 is 1.26 bits per heavy atom. The van der Waals surface area contributed by atoms with Crippen molar-refractivity contribution in [1.29, 1.82) is 0 Å². The molecule has 0 spiro atoms. The van der Waals surface area contributed by atoms with Crippen molar-refractivity contribution < 1.29 is 9.53 Å². The second kappa shape index (κ2) is 5.97. The molecule has 0 saturated heterocycles. The van der Waals surface area contributed by atoms with Gasteiger partial charge in [0, 0.05) is 11.8 Å². The van der Waals surface area contributed by atoms with Crippen LogP contribution < -0.4 is 4.74 Å². The molecule has 0 amide bonds. The number of aldehydes is 1. The summed E-state index contributed by atoms with van der Waals surface area (Å²) in [6.07, 6.45) is 2.23. The quantitative estimate of drug-likeness (QED) is 0.775. The Labute approximate surface area is 120 Å². The predicted octanol–water partition coefficient (Wildman–Crippen LogP) is 4.57. The molecule has 0 atom stereocenters. The third kappa shape index (κ3) is 3.41. The van der Waals surface area contributed by atoms with Crippen LogP contribution >= 0.6 is 15.9 Å². The highest BCUT2D eigenvalue weighted by molar-refractivity contribution is 9.10. The zero-order valence-electron chi connectivity index (χ0n) is 10.8. The van der Waals surface area contributed by atoms with Gasteiger partial charge in [-0.05, 0) is 45.6 Å². The third-order valence-electron chi connectivity index (χ3n) is 2.73. The molecule has 0 aliphatic heterocycles. The first kappa shape index (κ1) is 13.7. The minimum Gasteiger partial charge on any atom is -0.438 e. The summed E-state index contributed by atoms with van der Waals surface area (Å²) in [7, 11) is 0. The Bertz CT molecular complexity index is 579. The molecule has 4 heteroatoms. The van der Waals surface area contributed by atoms with Gasteiger partial charge in [0.1, 0.15) is 5.75 Å². The molecule has 2 aromatic rings. The highest BCUT2D eigenvalue weighted by atomic mass is 79.9. The molecule has 0 aliphatic rings. The number of benzene rings is 1. The van der Waals surface area contributed by atoms with Crippen LogP contribution in [0.1, 0.15) is 35.7 Å². The first-order chi connectivity index (χ1) is 9.10. The summed E-state index contributed by atoms with van der Waals surface area (Å²) >= 11 is 3.34. The lowest BCUT2D eigenvalue weighted by atomic mass is 10.0. The standard InChI is InChI=1S/C15H14BrNO2/c1-10(2)12-3-5-13(6-4-12)19-15-14(16)7-11(9-18)8-17-15/h3-10H,1-2H3. The van der Waals surface area contributed by atoms with Gasteiger partial charge < -0.3 is 4.74 Å². The monoisotopic (exact) mass is 319 g/mol. The van der Waals surface area contributed by atoms with E-state index in [1.54, 1.807) is 6.07 Å². The molecule has 0 radical (unpaired) electrons. The van der Waals surface area contributed by atoms with Gasteiger partial charge in [0.25, 0.3) is 0 Å². The molecule has 0 saturated carbocycles. The van der Waals surface area contributed by atoms with Gasteiger partial charge in [-0.15, -0.1) is 0 Å². The van der Waals surface area contributed by atoms with Crippen molar-refractivity contribution in [3.05, 3.63) is 52.1 Å². The number of ether oxygens (including phenoxy) is 1. The summed E-state index contributed by atoms with van der Waals surface area (Å²) < 4.78 is 6.33. The van der Waals surface area contributed by atoms with Gasteiger partial charge in [0.15, 0.2) is 6.29 Å². The maximum Gasteiger partial charge on any atom is 0.233 e. The molecular weight excluding hydrogens is 306 g/mol. The number of nitrogens with zero attached hydrogens (tertiary/aromatic N) is 1. The van der Waals surface area contributed by atoms with E-state index < -0.39 is 0 Å². The molecule has 3 nitrogen and oxygen atoms in total. The van der Waals surface area contributed by atoms with Crippen molar-refractivity contribution in [1.82, 2.24) is 4.98 Å². The molecular formula is C15H14BrNO2. The molecule has 0 N–H and O–H groups in total. The Morgan fingerprint density at radius 3 is 2.47 bits per heavy atom. The van der Waals surface area contributed by atoms with E-state index in [1.807, 2.05) is 24.3 Å². The fourth-order valence-electron chi connectivity index (χ4n) is 1.61. The van der Waals surface area contributed by atoms with E-state index >= 15 is 0 Å². The van der Waals surface area contributed by atoms with Crippen LogP contribution in [0.15, 0.2) is 41.0 Å². The van der Waals surface area contributed by atoms with E-state index in [0.717, 1.165) is 12.0 Å². The summed E-state index contributed by atoms with van der Waals surface area (Å²) in [4.78, 5) is 14.7. The largest absolute Gasteiger partial charge is 0.438 e. The molecule has 98 valence electrons. The van der Waals surface area contributed by atoms with Gasteiger partial charge in [-0.1, -0.05) is 26.0 Å². The molecule has 1 heterocycles. The van der Waals surface area contributed by atoms with Crippen LogP contribution in [0.5, 0.6) is 11.6 Å². The lowest BCUT2D eigenvalue weighted by Crippen LogP contribution is -1.92. The van der Waals surface area contributed by atoms with Crippen LogP contribution in [-0.2, 0) is 0 Å². The summed E-state index contributed by atoms with van der Waals surface area (Å²) in [6, 6.07) is 9.58. The number of halogens is 1. The van der Waals surface area contributed by atoms with E-state index in [4.69, 9.17) is 4.74 Å². The van der Waals surface area contributed by atoms with Gasteiger partial charge in [-0.2, -0.15) is 0 Å². The van der Waals surface area contributed by atoms with Crippen molar-refractivity contribution >= 4 is 22.2 Å². The Kier molecular flexibility index (Phi) is 4.32. The van der Waals surface area contributed by atoms with Crippen molar-refractivity contribution in [3.8, 4) is 11.6 Å². The zero-order valence-corrected chi connectivity index (χ0v) is 12.3. The van der Waals surface area contributed by atoms with Crippen LogP contribution in [0.4, 0.5) is 0 Å². The highest BCUT2D eigenvalue weighted by Gasteiger charge is 2.06. The van der Waals surface area contributed by atoms with Gasteiger partial charge in [0.2, 0.25) is 5.88 Å². The Morgan fingerprint density at radius 2 is 1.95 bits per heavy atom. The molecule has 0 unspecified atom stereocenters. The van der Waals surface area contributed by atoms with Crippen molar-refractivity contribution in [2.45, 2.75) is 19.8 Å². The van der Waals surface area contributed by atoms with Crippen LogP contribution in [0, 0.1) is 0 Å². The molecule has 0 fully saturated rings. The molecule has 1 aromatic heterocycles. The number of carbonyl (C=O) groups excluding carboxylic acids is 1. The third-order valence-corrected chi connectivity index (χ3v) is 3.29. The predicted molar refractivity (Wildman–Crippen MR) is 77.9 cm³/mol. The van der Waals surface area contributed by atoms with Crippen LogP contribution in [0.2, 0.25) is 0 Å². The first-order valence-corrected chi connectivity index (χ1v) is 6.78. The Balaban J connectivity index is 2.19. The number of hydrogen-bond donors (Lipinski definition) is 0. The lowest BCUT2D eigenvalue weighted by molar-refractivity contribution is 0.112. The number of carbonyl (C=O) groups is 1.